The summed E-state index contributed by atoms with van der Waals surface area (Å²) in [6, 6.07) is 6.12. The molecule has 3 aromatic rings. The van der Waals surface area contributed by atoms with Crippen LogP contribution in [0.4, 0.5) is 27.5 Å². The highest BCUT2D eigenvalue weighted by molar-refractivity contribution is 6.32. The summed E-state index contributed by atoms with van der Waals surface area (Å²) in [6.07, 6.45) is 4.03. The number of nitrogens with zero attached hydrogens (tertiary/aromatic N) is 4. The fraction of sp³-hybridized carbons (Fsp3) is 0.519. The molecule has 1 saturated heterocycles. The van der Waals surface area contributed by atoms with Gasteiger partial charge in [-0.1, -0.05) is 25.4 Å². The Morgan fingerprint density at radius 2 is 1.95 bits per heavy atom. The zero-order chi connectivity index (χ0) is 25.8. The SMILES string of the molecule is C[C@@H]1CN(c2ncc(Cl)c(Nc3ccc4c(c3)c3c(c(=O)n4C)OCC[C@H](C4CC4)N3)n2)C[C@H](C)[C@H]1F. The van der Waals surface area contributed by atoms with Crippen molar-refractivity contribution in [2.24, 2.45) is 24.8 Å². The molecule has 1 aromatic carbocycles. The number of halogens is 2. The Balaban J connectivity index is 1.35. The molecule has 0 radical (unpaired) electrons. The molecule has 10 heteroatoms. The van der Waals surface area contributed by atoms with Crippen molar-refractivity contribution in [3.8, 4) is 5.75 Å². The molecule has 4 atom stereocenters. The van der Waals surface area contributed by atoms with Crippen LogP contribution in [0.5, 0.6) is 5.75 Å². The van der Waals surface area contributed by atoms with Crippen LogP contribution in [0.1, 0.15) is 33.1 Å². The molecule has 196 valence electrons. The van der Waals surface area contributed by atoms with Gasteiger partial charge in [-0.25, -0.2) is 9.37 Å². The van der Waals surface area contributed by atoms with E-state index in [2.05, 4.69) is 15.6 Å². The number of piperidine rings is 1. The van der Waals surface area contributed by atoms with E-state index in [9.17, 15) is 9.18 Å². The number of alkyl halides is 1. The van der Waals surface area contributed by atoms with E-state index in [1.165, 1.54) is 12.8 Å². The van der Waals surface area contributed by atoms with Gasteiger partial charge in [0.2, 0.25) is 11.7 Å². The number of aryl methyl sites for hydroxylation is 1. The molecule has 1 aliphatic carbocycles. The Bertz CT molecular complexity index is 1400. The number of fused-ring (bicyclic) bond motifs is 3. The molecule has 0 amide bonds. The third kappa shape index (κ3) is 4.47. The number of anilines is 4. The van der Waals surface area contributed by atoms with Gasteiger partial charge in [0.15, 0.2) is 5.82 Å². The quantitative estimate of drug-likeness (QED) is 0.487. The summed E-state index contributed by atoms with van der Waals surface area (Å²) in [6.45, 7) is 5.46. The predicted molar refractivity (Wildman–Crippen MR) is 145 cm³/mol. The van der Waals surface area contributed by atoms with Crippen molar-refractivity contribution in [3.63, 3.8) is 0 Å². The molecule has 2 aromatic heterocycles. The van der Waals surface area contributed by atoms with Crippen molar-refractivity contribution in [2.75, 3.05) is 35.2 Å². The minimum absolute atomic E-state index is 0.101. The summed E-state index contributed by atoms with van der Waals surface area (Å²) in [7, 11) is 1.76. The number of hydrogen-bond acceptors (Lipinski definition) is 7. The zero-order valence-electron chi connectivity index (χ0n) is 21.3. The lowest BCUT2D eigenvalue weighted by atomic mass is 9.90. The average Bonchev–Trinajstić information content (AvgIpc) is 3.73. The maximum Gasteiger partial charge on any atom is 0.295 e. The summed E-state index contributed by atoms with van der Waals surface area (Å²) >= 11 is 6.48. The number of hydrogen-bond donors (Lipinski definition) is 2. The molecular weight excluding hydrogens is 495 g/mol. The van der Waals surface area contributed by atoms with E-state index in [1.807, 2.05) is 36.9 Å². The van der Waals surface area contributed by atoms with Crippen LogP contribution >= 0.6 is 11.6 Å². The number of nitrogens with one attached hydrogen (secondary N) is 2. The molecule has 8 nitrogen and oxygen atoms in total. The molecule has 3 aliphatic rings. The Hall–Kier alpha value is -3.07. The molecule has 2 aliphatic heterocycles. The second-order valence-electron chi connectivity index (χ2n) is 10.8. The van der Waals surface area contributed by atoms with E-state index in [0.29, 0.717) is 54.2 Å². The third-order valence-electron chi connectivity index (χ3n) is 7.93. The van der Waals surface area contributed by atoms with Gasteiger partial charge in [0, 0.05) is 55.5 Å². The summed E-state index contributed by atoms with van der Waals surface area (Å²) in [5.74, 6) is 1.80. The largest absolute Gasteiger partial charge is 0.486 e. The molecule has 4 heterocycles. The van der Waals surface area contributed by atoms with Crippen LogP contribution < -0.4 is 25.8 Å². The maximum atomic E-state index is 14.4. The highest BCUT2D eigenvalue weighted by Gasteiger charge is 2.35. The average molecular weight is 527 g/mol. The normalized spacial score (nSPS) is 25.7. The van der Waals surface area contributed by atoms with E-state index in [-0.39, 0.29) is 17.4 Å². The summed E-state index contributed by atoms with van der Waals surface area (Å²) in [4.78, 5) is 24.2. The van der Waals surface area contributed by atoms with E-state index in [0.717, 1.165) is 28.7 Å². The standard InChI is InChI=1S/C27H32ClFN6O2/c1-14-12-35(13-15(2)22(14)29)27-30-11-19(28)25(33-27)31-17-6-7-21-18(10-17)23-24(26(36)34(21)3)37-9-8-20(32-23)16-4-5-16/h6-7,10-11,14-16,20,22,32H,4-5,8-9,12-13H2,1-3H3,(H,30,31,33)/t14-,15+,20-,22+/m1/s1. The Morgan fingerprint density at radius 3 is 2.68 bits per heavy atom. The first-order chi connectivity index (χ1) is 17.8. The molecule has 0 spiro atoms. The first-order valence-corrected chi connectivity index (χ1v) is 13.4. The fourth-order valence-electron chi connectivity index (χ4n) is 5.70. The third-order valence-corrected chi connectivity index (χ3v) is 8.21. The van der Waals surface area contributed by atoms with E-state index in [1.54, 1.807) is 17.8 Å². The van der Waals surface area contributed by atoms with Crippen LogP contribution in [0.2, 0.25) is 5.02 Å². The first kappa shape index (κ1) is 24.3. The van der Waals surface area contributed by atoms with Crippen molar-refractivity contribution >= 4 is 45.6 Å². The van der Waals surface area contributed by atoms with Gasteiger partial charge in [-0.05, 0) is 37.0 Å². The van der Waals surface area contributed by atoms with Gasteiger partial charge in [0.05, 0.1) is 24.0 Å². The second kappa shape index (κ2) is 9.35. The molecule has 6 rings (SSSR count). The summed E-state index contributed by atoms with van der Waals surface area (Å²) in [5, 5.41) is 8.27. The molecule has 37 heavy (non-hydrogen) atoms. The maximum absolute atomic E-state index is 14.4. The summed E-state index contributed by atoms with van der Waals surface area (Å²) in [5.41, 5.74) is 2.20. The highest BCUT2D eigenvalue weighted by Crippen LogP contribution is 2.41. The number of rotatable bonds is 4. The molecule has 0 bridgehead atoms. The monoisotopic (exact) mass is 526 g/mol. The predicted octanol–water partition coefficient (Wildman–Crippen LogP) is 5.13. The van der Waals surface area contributed by atoms with Crippen molar-refractivity contribution in [1.29, 1.82) is 0 Å². The van der Waals surface area contributed by atoms with Crippen LogP contribution in [0.15, 0.2) is 29.2 Å². The van der Waals surface area contributed by atoms with Crippen molar-refractivity contribution in [1.82, 2.24) is 14.5 Å². The number of ether oxygens (including phenoxy) is 1. The molecule has 1 saturated carbocycles. The number of benzene rings is 1. The molecular formula is C27H32ClFN6O2. The van der Waals surface area contributed by atoms with Gasteiger partial charge in [-0.15, -0.1) is 0 Å². The molecule has 0 unspecified atom stereocenters. The highest BCUT2D eigenvalue weighted by atomic mass is 35.5. The summed E-state index contributed by atoms with van der Waals surface area (Å²) < 4.78 is 22.0. The van der Waals surface area contributed by atoms with E-state index in [4.69, 9.17) is 21.3 Å². The van der Waals surface area contributed by atoms with Gasteiger partial charge >= 0.3 is 0 Å². The van der Waals surface area contributed by atoms with E-state index < -0.39 is 6.17 Å². The van der Waals surface area contributed by atoms with Gasteiger partial charge in [0.25, 0.3) is 5.56 Å². The topological polar surface area (TPSA) is 84.3 Å². The van der Waals surface area contributed by atoms with Crippen LogP contribution in [0.25, 0.3) is 10.9 Å². The van der Waals surface area contributed by atoms with Gasteiger partial charge < -0.3 is 24.8 Å². The van der Waals surface area contributed by atoms with E-state index >= 15 is 0 Å². The van der Waals surface area contributed by atoms with Gasteiger partial charge in [-0.3, -0.25) is 4.79 Å². The van der Waals surface area contributed by atoms with Crippen molar-refractivity contribution in [2.45, 2.75) is 45.3 Å². The first-order valence-electron chi connectivity index (χ1n) is 13.0. The minimum Gasteiger partial charge on any atom is -0.486 e. The number of aromatic nitrogens is 3. The van der Waals surface area contributed by atoms with Crippen LogP contribution in [0.3, 0.4) is 0 Å². The van der Waals surface area contributed by atoms with Crippen molar-refractivity contribution < 1.29 is 9.13 Å². The van der Waals surface area contributed by atoms with Crippen LogP contribution in [-0.4, -0.2) is 46.4 Å². The molecule has 2 fully saturated rings. The van der Waals surface area contributed by atoms with Gasteiger partial charge in [-0.2, -0.15) is 4.98 Å². The zero-order valence-corrected chi connectivity index (χ0v) is 22.1. The lowest BCUT2D eigenvalue weighted by Crippen LogP contribution is -2.46. The van der Waals surface area contributed by atoms with Crippen LogP contribution in [-0.2, 0) is 7.05 Å². The van der Waals surface area contributed by atoms with Crippen LogP contribution in [0, 0.1) is 17.8 Å². The lowest BCUT2D eigenvalue weighted by Gasteiger charge is -2.37. The molecule has 2 N–H and O–H groups in total. The Labute approximate surface area is 220 Å². The fourth-order valence-corrected chi connectivity index (χ4v) is 5.84. The Kier molecular flexibility index (Phi) is 6.13. The number of pyridine rings is 1. The van der Waals surface area contributed by atoms with Crippen molar-refractivity contribution in [3.05, 3.63) is 39.8 Å². The minimum atomic E-state index is -0.832. The van der Waals surface area contributed by atoms with Gasteiger partial charge in [0.1, 0.15) is 11.2 Å². The Morgan fingerprint density at radius 1 is 1.19 bits per heavy atom. The second-order valence-corrected chi connectivity index (χ2v) is 11.2. The smallest absolute Gasteiger partial charge is 0.295 e. The lowest BCUT2D eigenvalue weighted by molar-refractivity contribution is 0.147.